The van der Waals surface area contributed by atoms with Crippen molar-refractivity contribution >= 4 is 23.9 Å². The lowest BCUT2D eigenvalue weighted by Crippen LogP contribution is -2.42. The van der Waals surface area contributed by atoms with E-state index in [9.17, 15) is 19.2 Å². The third-order valence-electron chi connectivity index (χ3n) is 18.0. The number of methoxy groups -OCH3 is 2. The number of ether oxygens (including phenoxy) is 7. The zero-order chi connectivity index (χ0) is 65.1. The second kappa shape index (κ2) is 51.3. The van der Waals surface area contributed by atoms with Gasteiger partial charge in [0.25, 0.3) is 0 Å². The summed E-state index contributed by atoms with van der Waals surface area (Å²) in [5.41, 5.74) is 1.47. The van der Waals surface area contributed by atoms with Gasteiger partial charge in [-0.15, -0.1) is 0 Å². The van der Waals surface area contributed by atoms with Crippen molar-refractivity contribution in [2.24, 2.45) is 0 Å². The number of hydrogen-bond donors (Lipinski definition) is 2. The van der Waals surface area contributed by atoms with Gasteiger partial charge < -0.3 is 48.7 Å². The van der Waals surface area contributed by atoms with Gasteiger partial charge in [0.15, 0.2) is 0 Å². The van der Waals surface area contributed by atoms with E-state index in [0.717, 1.165) is 42.4 Å². The van der Waals surface area contributed by atoms with Crippen molar-refractivity contribution in [1.82, 2.24) is 15.5 Å². The van der Waals surface area contributed by atoms with Gasteiger partial charge in [0.2, 0.25) is 11.8 Å². The number of amides is 3. The third-order valence-corrected chi connectivity index (χ3v) is 18.0. The lowest BCUT2D eigenvalue weighted by atomic mass is 9.80. The standard InChI is InChI=1S/C77H125N3O11/c1-6-8-10-12-14-16-18-20-22-24-26-28-30-32-34-42-58-87-63-72(88-59-43-35-33-31-29-27-25-23-21-19-17-15-13-11-9-7-2)64-89-76(84)79-57-41-37-40-46-74(82)80-61-71(91-75(83)56-55-73(81)78-3)60-68(80)62-90-77(65-44-38-36-39-45-65,66-47-51-69(85-4)52-48-66)67-49-53-70(86-5)54-50-67/h36,38-39,44-45,47-54,68,71-72H,6-35,37,40-43,46,55-64H2,1-5H3,(H,78,81)(H,79,84)/t68-,71+,72?/m0/s1. The minimum atomic E-state index is -1.12. The number of hydrogen-bond acceptors (Lipinski definition) is 11. The van der Waals surface area contributed by atoms with Crippen molar-refractivity contribution in [2.75, 3.05) is 67.4 Å². The Labute approximate surface area is 551 Å². The Balaban J connectivity index is 1.24. The molecule has 0 aliphatic carbocycles. The van der Waals surface area contributed by atoms with Gasteiger partial charge in [0.1, 0.15) is 35.9 Å². The molecule has 4 rings (SSSR count). The van der Waals surface area contributed by atoms with Crippen molar-refractivity contribution in [3.63, 3.8) is 0 Å². The van der Waals surface area contributed by atoms with E-state index in [0.29, 0.717) is 63.5 Å². The average molecular weight is 1270 g/mol. The molecule has 514 valence electrons. The van der Waals surface area contributed by atoms with Crippen molar-refractivity contribution in [3.8, 4) is 11.5 Å². The maximum absolute atomic E-state index is 14.3. The molecule has 0 bridgehead atoms. The molecule has 1 saturated heterocycles. The average Bonchev–Trinajstić information content (AvgIpc) is 1.46. The van der Waals surface area contributed by atoms with E-state index in [1.807, 2.05) is 78.9 Å². The van der Waals surface area contributed by atoms with Crippen LogP contribution in [0.25, 0.3) is 0 Å². The summed E-state index contributed by atoms with van der Waals surface area (Å²) in [6.07, 6.45) is 43.5. The van der Waals surface area contributed by atoms with Crippen LogP contribution in [0.1, 0.15) is 281 Å². The van der Waals surface area contributed by atoms with Gasteiger partial charge in [0.05, 0.1) is 46.4 Å². The number of benzene rings is 3. The first-order chi connectivity index (χ1) is 44.7. The fourth-order valence-electron chi connectivity index (χ4n) is 12.4. The lowest BCUT2D eigenvalue weighted by molar-refractivity contribution is -0.150. The monoisotopic (exact) mass is 1270 g/mol. The van der Waals surface area contributed by atoms with Gasteiger partial charge in [-0.05, 0) is 66.6 Å². The van der Waals surface area contributed by atoms with Gasteiger partial charge in [-0.25, -0.2) is 4.79 Å². The summed E-state index contributed by atoms with van der Waals surface area (Å²) in [6, 6.07) is 25.1. The van der Waals surface area contributed by atoms with E-state index in [-0.39, 0.29) is 56.9 Å². The molecule has 1 aliphatic rings. The Morgan fingerprint density at radius 1 is 0.516 bits per heavy atom. The predicted molar refractivity (Wildman–Crippen MR) is 369 cm³/mol. The molecule has 0 spiro atoms. The van der Waals surface area contributed by atoms with Crippen LogP contribution in [-0.2, 0) is 43.7 Å². The Hall–Kier alpha value is -5.18. The number of rotatable bonds is 57. The van der Waals surface area contributed by atoms with Gasteiger partial charge >= 0.3 is 12.1 Å². The molecule has 1 aliphatic heterocycles. The van der Waals surface area contributed by atoms with Gasteiger partial charge in [-0.2, -0.15) is 0 Å². The van der Waals surface area contributed by atoms with Crippen LogP contribution in [0, 0.1) is 0 Å². The zero-order valence-corrected chi connectivity index (χ0v) is 57.7. The lowest BCUT2D eigenvalue weighted by Gasteiger charge is -2.38. The molecule has 2 N–H and O–H groups in total. The summed E-state index contributed by atoms with van der Waals surface area (Å²) in [5, 5.41) is 5.47. The Bertz CT molecular complexity index is 2240. The van der Waals surface area contributed by atoms with Crippen LogP contribution >= 0.6 is 0 Å². The maximum Gasteiger partial charge on any atom is 0.407 e. The maximum atomic E-state index is 14.3. The van der Waals surface area contributed by atoms with E-state index >= 15 is 0 Å². The number of alkyl carbamates (subject to hydrolysis) is 1. The number of carbonyl (C=O) groups is 4. The fraction of sp³-hybridized carbons (Fsp3) is 0.714. The Kier molecular flexibility index (Phi) is 44.1. The van der Waals surface area contributed by atoms with E-state index in [2.05, 4.69) is 24.5 Å². The summed E-state index contributed by atoms with van der Waals surface area (Å²) in [6.45, 7) is 7.09. The molecule has 0 radical (unpaired) electrons. The predicted octanol–water partition coefficient (Wildman–Crippen LogP) is 18.3. The first-order valence-electron chi connectivity index (χ1n) is 36.4. The summed E-state index contributed by atoms with van der Waals surface area (Å²) >= 11 is 0. The van der Waals surface area contributed by atoms with Crippen molar-refractivity contribution in [1.29, 1.82) is 0 Å². The van der Waals surface area contributed by atoms with E-state index in [4.69, 9.17) is 33.2 Å². The number of carbonyl (C=O) groups excluding carboxylic acids is 4. The van der Waals surface area contributed by atoms with Crippen LogP contribution in [-0.4, -0.2) is 114 Å². The quantitative estimate of drug-likeness (QED) is 0.0314. The SMILES string of the molecule is CCCCCCCCCCCCCCCCCCOCC(COC(=O)NCCCCCC(=O)N1C[C@H](OC(=O)CCC(=O)NC)C[C@H]1COC(c1ccccc1)(c1ccc(OC)cc1)c1ccc(OC)cc1)OCCCCCCCCCCCCCCCCCC. The van der Waals surface area contributed by atoms with Gasteiger partial charge in [-0.3, -0.25) is 14.4 Å². The number of unbranched alkanes of at least 4 members (excludes halogenated alkanes) is 32. The molecule has 3 aromatic carbocycles. The van der Waals surface area contributed by atoms with Crippen LogP contribution in [0.4, 0.5) is 4.79 Å². The topological polar surface area (TPSA) is 160 Å². The molecule has 3 atom stereocenters. The van der Waals surface area contributed by atoms with Crippen molar-refractivity contribution in [3.05, 3.63) is 95.6 Å². The minimum Gasteiger partial charge on any atom is -0.497 e. The normalized spacial score (nSPS) is 14.3. The first kappa shape index (κ1) is 78.3. The molecular formula is C77H125N3O11. The highest BCUT2D eigenvalue weighted by atomic mass is 16.6. The highest BCUT2D eigenvalue weighted by Crippen LogP contribution is 2.42. The largest absolute Gasteiger partial charge is 0.497 e. The molecule has 3 amide bonds. The van der Waals surface area contributed by atoms with Crippen LogP contribution in [0.2, 0.25) is 0 Å². The molecular weight excluding hydrogens is 1140 g/mol. The smallest absolute Gasteiger partial charge is 0.407 e. The number of likely N-dealkylation sites (tertiary alicyclic amines) is 1. The second-order valence-electron chi connectivity index (χ2n) is 25.5. The Morgan fingerprint density at radius 3 is 1.44 bits per heavy atom. The van der Waals surface area contributed by atoms with Crippen LogP contribution in [0.3, 0.4) is 0 Å². The number of nitrogens with one attached hydrogen (secondary N) is 2. The molecule has 0 saturated carbocycles. The second-order valence-corrected chi connectivity index (χ2v) is 25.5. The molecule has 14 nitrogen and oxygen atoms in total. The van der Waals surface area contributed by atoms with E-state index in [1.165, 1.54) is 187 Å². The third kappa shape index (κ3) is 34.0. The van der Waals surface area contributed by atoms with Gasteiger partial charge in [0, 0.05) is 46.1 Å². The van der Waals surface area contributed by atoms with Crippen LogP contribution < -0.4 is 20.1 Å². The fourth-order valence-corrected chi connectivity index (χ4v) is 12.4. The Morgan fingerprint density at radius 2 is 0.967 bits per heavy atom. The van der Waals surface area contributed by atoms with Crippen molar-refractivity contribution < 1.29 is 52.3 Å². The van der Waals surface area contributed by atoms with Crippen LogP contribution in [0.15, 0.2) is 78.9 Å². The van der Waals surface area contributed by atoms with Crippen molar-refractivity contribution in [2.45, 2.75) is 288 Å². The number of esters is 1. The van der Waals surface area contributed by atoms with E-state index < -0.39 is 29.8 Å². The highest BCUT2D eigenvalue weighted by Gasteiger charge is 2.42. The molecule has 14 heteroatoms. The number of nitrogens with zero attached hydrogens (tertiary/aromatic N) is 1. The molecule has 1 heterocycles. The molecule has 3 aromatic rings. The molecule has 91 heavy (non-hydrogen) atoms. The highest BCUT2D eigenvalue weighted by molar-refractivity contribution is 5.81. The molecule has 0 aromatic heterocycles. The summed E-state index contributed by atoms with van der Waals surface area (Å²) in [5.74, 6) is 0.577. The summed E-state index contributed by atoms with van der Waals surface area (Å²) in [4.78, 5) is 54.2. The summed E-state index contributed by atoms with van der Waals surface area (Å²) in [7, 11) is 4.80. The van der Waals surface area contributed by atoms with E-state index in [1.54, 1.807) is 19.1 Å². The summed E-state index contributed by atoms with van der Waals surface area (Å²) < 4.78 is 42.5. The minimum absolute atomic E-state index is 0.0102. The zero-order valence-electron chi connectivity index (χ0n) is 57.7. The molecule has 1 fully saturated rings. The van der Waals surface area contributed by atoms with Gasteiger partial charge in [-0.1, -0.05) is 267 Å². The first-order valence-corrected chi connectivity index (χ1v) is 36.4. The molecule has 1 unspecified atom stereocenters. The van der Waals surface area contributed by atoms with Crippen LogP contribution in [0.5, 0.6) is 11.5 Å².